The molecule has 2 N–H and O–H groups in total. The van der Waals surface area contributed by atoms with Gasteiger partial charge in [-0.3, -0.25) is 4.79 Å². The van der Waals surface area contributed by atoms with Gasteiger partial charge in [0.25, 0.3) is 0 Å². The molecule has 1 aromatic rings. The number of rotatable bonds is 6. The van der Waals surface area contributed by atoms with Crippen LogP contribution in [0.5, 0.6) is 0 Å². The van der Waals surface area contributed by atoms with Gasteiger partial charge in [-0.15, -0.1) is 0 Å². The van der Waals surface area contributed by atoms with Crippen LogP contribution in [0.1, 0.15) is 25.8 Å². The molecule has 0 spiro atoms. The lowest BCUT2D eigenvalue weighted by Gasteiger charge is -2.13. The van der Waals surface area contributed by atoms with Crippen LogP contribution in [0.3, 0.4) is 0 Å². The van der Waals surface area contributed by atoms with Gasteiger partial charge >= 0.3 is 0 Å². The Morgan fingerprint density at radius 1 is 1.35 bits per heavy atom. The largest absolute Gasteiger partial charge is 0.393 e. The molecule has 2 unspecified atom stereocenters. The molecule has 0 saturated heterocycles. The van der Waals surface area contributed by atoms with Crippen molar-refractivity contribution in [2.24, 2.45) is 5.92 Å². The van der Waals surface area contributed by atoms with Gasteiger partial charge in [-0.05, 0) is 37.5 Å². The van der Waals surface area contributed by atoms with Crippen LogP contribution in [0.15, 0.2) is 24.3 Å². The summed E-state index contributed by atoms with van der Waals surface area (Å²) in [6, 6.07) is 3.52. The summed E-state index contributed by atoms with van der Waals surface area (Å²) in [4.78, 5) is 11.5. The van der Waals surface area contributed by atoms with Crippen molar-refractivity contribution in [1.29, 1.82) is 0 Å². The van der Waals surface area contributed by atoms with Crippen LogP contribution in [-0.4, -0.2) is 23.7 Å². The van der Waals surface area contributed by atoms with E-state index in [-0.39, 0.29) is 11.5 Å². The molecule has 0 aliphatic carbocycles. The van der Waals surface area contributed by atoms with Gasteiger partial charge in [0.2, 0.25) is 5.91 Å². The van der Waals surface area contributed by atoms with E-state index in [4.69, 9.17) is 0 Å². The number of halogens is 2. The molecule has 0 radical (unpaired) electrons. The maximum atomic E-state index is 13.3. The maximum absolute atomic E-state index is 13.3. The van der Waals surface area contributed by atoms with Gasteiger partial charge in [0.05, 0.1) is 6.10 Å². The molecule has 110 valence electrons. The zero-order chi connectivity index (χ0) is 15.1. The lowest BCUT2D eigenvalue weighted by atomic mass is 10.0. The van der Waals surface area contributed by atoms with Crippen LogP contribution in [0, 0.1) is 17.6 Å². The molecule has 0 heterocycles. The number of benzene rings is 1. The first-order valence-corrected chi connectivity index (χ1v) is 6.48. The van der Waals surface area contributed by atoms with Crippen LogP contribution in [0.2, 0.25) is 0 Å². The Hall–Kier alpha value is -1.75. The van der Waals surface area contributed by atoms with Crippen molar-refractivity contribution in [3.63, 3.8) is 0 Å². The maximum Gasteiger partial charge on any atom is 0.244 e. The van der Waals surface area contributed by atoms with E-state index in [0.717, 1.165) is 24.3 Å². The van der Waals surface area contributed by atoms with E-state index in [1.165, 1.54) is 6.07 Å². The van der Waals surface area contributed by atoms with Crippen LogP contribution < -0.4 is 5.32 Å². The van der Waals surface area contributed by atoms with E-state index in [1.54, 1.807) is 6.92 Å². The Labute approximate surface area is 117 Å². The predicted molar refractivity (Wildman–Crippen MR) is 73.9 cm³/mol. The standard InChI is InChI=1S/C15H19F2NO2/c1-10(8-11(2)19)9-18-15(20)7-6-12-13(16)4-3-5-14(12)17/h3-7,10-11,19H,8-9H2,1-2H3,(H,18,20). The minimum Gasteiger partial charge on any atom is -0.393 e. The van der Waals surface area contributed by atoms with Crippen molar-refractivity contribution in [3.05, 3.63) is 41.5 Å². The normalized spacial score (nSPS) is 14.2. The molecule has 0 aliphatic rings. The van der Waals surface area contributed by atoms with Crippen LogP contribution in [0.25, 0.3) is 6.08 Å². The highest BCUT2D eigenvalue weighted by Gasteiger charge is 2.08. The molecule has 2 atom stereocenters. The van der Waals surface area contributed by atoms with E-state index in [1.807, 2.05) is 6.92 Å². The van der Waals surface area contributed by atoms with Gasteiger partial charge in [0.1, 0.15) is 11.6 Å². The summed E-state index contributed by atoms with van der Waals surface area (Å²) in [6.07, 6.45) is 2.35. The second-order valence-electron chi connectivity index (χ2n) is 4.90. The van der Waals surface area contributed by atoms with Gasteiger partial charge in [-0.1, -0.05) is 13.0 Å². The third-order valence-corrected chi connectivity index (χ3v) is 2.77. The number of nitrogens with one attached hydrogen (secondary N) is 1. The minimum atomic E-state index is -0.712. The van der Waals surface area contributed by atoms with E-state index < -0.39 is 23.6 Å². The van der Waals surface area contributed by atoms with Crippen molar-refractivity contribution >= 4 is 12.0 Å². The summed E-state index contributed by atoms with van der Waals surface area (Å²) < 4.78 is 26.6. The average Bonchev–Trinajstić information content (AvgIpc) is 2.35. The first-order valence-electron chi connectivity index (χ1n) is 6.48. The second kappa shape index (κ2) is 7.75. The summed E-state index contributed by atoms with van der Waals surface area (Å²) in [5.41, 5.74) is -0.236. The Balaban J connectivity index is 2.52. The highest BCUT2D eigenvalue weighted by atomic mass is 19.1. The molecule has 0 fully saturated rings. The summed E-state index contributed by atoms with van der Waals surface area (Å²) in [6.45, 7) is 3.97. The van der Waals surface area contributed by atoms with Crippen LogP contribution in [0.4, 0.5) is 8.78 Å². The van der Waals surface area contributed by atoms with Crippen LogP contribution >= 0.6 is 0 Å². The molecule has 0 bridgehead atoms. The molecule has 20 heavy (non-hydrogen) atoms. The molecule has 5 heteroatoms. The zero-order valence-corrected chi connectivity index (χ0v) is 11.6. The summed E-state index contributed by atoms with van der Waals surface area (Å²) >= 11 is 0. The molecule has 1 amide bonds. The second-order valence-corrected chi connectivity index (χ2v) is 4.90. The van der Waals surface area contributed by atoms with Crippen LogP contribution in [-0.2, 0) is 4.79 Å². The Bertz CT molecular complexity index is 467. The monoisotopic (exact) mass is 283 g/mol. The van der Waals surface area contributed by atoms with E-state index in [9.17, 15) is 18.7 Å². The van der Waals surface area contributed by atoms with Gasteiger partial charge in [0, 0.05) is 18.2 Å². The number of aliphatic hydroxyl groups excluding tert-OH is 1. The van der Waals surface area contributed by atoms with Crippen molar-refractivity contribution in [1.82, 2.24) is 5.32 Å². The fourth-order valence-electron chi connectivity index (χ4n) is 1.83. The van der Waals surface area contributed by atoms with Crippen molar-refractivity contribution in [2.75, 3.05) is 6.54 Å². The van der Waals surface area contributed by atoms with Gasteiger partial charge in [0.15, 0.2) is 0 Å². The Kier molecular flexibility index (Phi) is 6.31. The molecular formula is C15H19F2NO2. The first kappa shape index (κ1) is 16.3. The quantitative estimate of drug-likeness (QED) is 0.788. The number of carbonyl (C=O) groups is 1. The third-order valence-electron chi connectivity index (χ3n) is 2.77. The lowest BCUT2D eigenvalue weighted by molar-refractivity contribution is -0.116. The smallest absolute Gasteiger partial charge is 0.244 e. The highest BCUT2D eigenvalue weighted by molar-refractivity contribution is 5.91. The average molecular weight is 283 g/mol. The molecule has 3 nitrogen and oxygen atoms in total. The number of hydrogen-bond acceptors (Lipinski definition) is 2. The van der Waals surface area contributed by atoms with E-state index >= 15 is 0 Å². The first-order chi connectivity index (χ1) is 9.40. The summed E-state index contributed by atoms with van der Waals surface area (Å²) in [5.74, 6) is -1.73. The minimum absolute atomic E-state index is 0.123. The third kappa shape index (κ3) is 5.48. The van der Waals surface area contributed by atoms with E-state index in [2.05, 4.69) is 5.32 Å². The Morgan fingerprint density at radius 2 is 1.95 bits per heavy atom. The van der Waals surface area contributed by atoms with Crippen molar-refractivity contribution < 1.29 is 18.7 Å². The van der Waals surface area contributed by atoms with Crippen molar-refractivity contribution in [2.45, 2.75) is 26.4 Å². The fourth-order valence-corrected chi connectivity index (χ4v) is 1.83. The van der Waals surface area contributed by atoms with E-state index in [0.29, 0.717) is 13.0 Å². The zero-order valence-electron chi connectivity index (χ0n) is 11.6. The predicted octanol–water partition coefficient (Wildman–Crippen LogP) is 2.50. The molecule has 0 aromatic heterocycles. The summed E-state index contributed by atoms with van der Waals surface area (Å²) in [5, 5.41) is 11.8. The number of aliphatic hydroxyl groups is 1. The topological polar surface area (TPSA) is 49.3 Å². The number of carbonyl (C=O) groups excluding carboxylic acids is 1. The molecule has 0 aliphatic heterocycles. The molecular weight excluding hydrogens is 264 g/mol. The molecule has 1 rings (SSSR count). The summed E-state index contributed by atoms with van der Waals surface area (Å²) in [7, 11) is 0. The van der Waals surface area contributed by atoms with Gasteiger partial charge in [-0.2, -0.15) is 0 Å². The molecule has 0 saturated carbocycles. The number of amides is 1. The van der Waals surface area contributed by atoms with Gasteiger partial charge in [-0.25, -0.2) is 8.78 Å². The lowest BCUT2D eigenvalue weighted by Crippen LogP contribution is -2.28. The fraction of sp³-hybridized carbons (Fsp3) is 0.400. The Morgan fingerprint density at radius 3 is 2.50 bits per heavy atom. The number of hydrogen-bond donors (Lipinski definition) is 2. The van der Waals surface area contributed by atoms with Crippen molar-refractivity contribution in [3.8, 4) is 0 Å². The SMILES string of the molecule is CC(O)CC(C)CNC(=O)C=Cc1c(F)cccc1F. The highest BCUT2D eigenvalue weighted by Crippen LogP contribution is 2.13. The van der Waals surface area contributed by atoms with Gasteiger partial charge < -0.3 is 10.4 Å². The molecule has 1 aromatic carbocycles.